The third kappa shape index (κ3) is 2.84. The molecule has 1 aromatic carbocycles. The molecule has 0 spiro atoms. The molecule has 0 fully saturated rings. The smallest absolute Gasteiger partial charge is 0.448 e. The van der Waals surface area contributed by atoms with Crippen molar-refractivity contribution in [1.82, 2.24) is 0 Å². The molecule has 0 bridgehead atoms. The van der Waals surface area contributed by atoms with Crippen LogP contribution < -0.4 is 4.90 Å². The van der Waals surface area contributed by atoms with Gasteiger partial charge in [0.1, 0.15) is 0 Å². The van der Waals surface area contributed by atoms with E-state index in [-0.39, 0.29) is 11.8 Å². The van der Waals surface area contributed by atoms with E-state index in [1.54, 1.807) is 0 Å². The van der Waals surface area contributed by atoms with E-state index < -0.39 is 35.1 Å². The van der Waals surface area contributed by atoms with Gasteiger partial charge in [-0.1, -0.05) is 12.1 Å². The van der Waals surface area contributed by atoms with Gasteiger partial charge in [-0.15, -0.1) is 0 Å². The summed E-state index contributed by atoms with van der Waals surface area (Å²) in [5.74, 6) is -10.8. The first-order chi connectivity index (χ1) is 9.88. The summed E-state index contributed by atoms with van der Waals surface area (Å²) in [7, 11) is 1.45. The average Bonchev–Trinajstić information content (AvgIpc) is 2.42. The number of hydrogen-bond acceptors (Lipinski definition) is 3. The van der Waals surface area contributed by atoms with Crippen LogP contribution in [0.5, 0.6) is 0 Å². The number of rotatable bonds is 4. The van der Waals surface area contributed by atoms with Crippen LogP contribution in [-0.4, -0.2) is 38.0 Å². The van der Waals surface area contributed by atoms with Crippen LogP contribution in [0, 0.1) is 0 Å². The van der Waals surface area contributed by atoms with E-state index in [4.69, 9.17) is 0 Å². The van der Waals surface area contributed by atoms with Gasteiger partial charge in [0.05, 0.1) is 18.4 Å². The van der Waals surface area contributed by atoms with E-state index in [0.29, 0.717) is 7.05 Å². The highest BCUT2D eigenvalue weighted by molar-refractivity contribution is 5.95. The van der Waals surface area contributed by atoms with Crippen LogP contribution >= 0.6 is 0 Å². The van der Waals surface area contributed by atoms with Gasteiger partial charge >= 0.3 is 23.9 Å². The summed E-state index contributed by atoms with van der Waals surface area (Å²) in [4.78, 5) is 11.2. The van der Waals surface area contributed by atoms with Crippen molar-refractivity contribution in [1.29, 1.82) is 0 Å². The maximum Gasteiger partial charge on any atom is 0.448 e. The van der Waals surface area contributed by atoms with Gasteiger partial charge < -0.3 is 9.64 Å². The van der Waals surface area contributed by atoms with E-state index >= 15 is 0 Å². The van der Waals surface area contributed by atoms with Crippen LogP contribution in [0.4, 0.5) is 32.0 Å². The number of carbonyl (C=O) groups is 1. The molecule has 1 unspecified atom stereocenters. The maximum absolute atomic E-state index is 14.3. The zero-order valence-electron chi connectivity index (χ0n) is 11.8. The number of esters is 1. The predicted molar refractivity (Wildman–Crippen MR) is 66.7 cm³/mol. The fourth-order valence-corrected chi connectivity index (χ4v) is 1.95. The summed E-state index contributed by atoms with van der Waals surface area (Å²) < 4.78 is 84.2. The molecule has 0 radical (unpaired) electrons. The van der Waals surface area contributed by atoms with Crippen LogP contribution in [0.2, 0.25) is 0 Å². The lowest BCUT2D eigenvalue weighted by Gasteiger charge is -2.41. The lowest BCUT2D eigenvalue weighted by atomic mass is 10.0. The molecule has 1 atom stereocenters. The zero-order chi connectivity index (χ0) is 17.3. The number of anilines is 1. The summed E-state index contributed by atoms with van der Waals surface area (Å²) in [5, 5.41) is 0. The van der Waals surface area contributed by atoms with Gasteiger partial charge in [0.25, 0.3) is 0 Å². The minimum Gasteiger partial charge on any atom is -0.465 e. The van der Waals surface area contributed by atoms with E-state index in [2.05, 4.69) is 4.74 Å². The minimum absolute atomic E-state index is 0.183. The number of para-hydroxylation sites is 1. The number of halogens is 6. The fraction of sp³-hybridized carbons (Fsp3) is 0.462. The first-order valence-corrected chi connectivity index (χ1v) is 5.92. The standard InChI is InChI=1S/C13H13F6NO2/c1-11(14,15)12(16,13(17,18)19)20(2)9-7-5-4-6-8(9)10(21)22-3/h4-7H,1-3H3. The largest absolute Gasteiger partial charge is 0.465 e. The van der Waals surface area contributed by atoms with E-state index in [1.165, 1.54) is 12.1 Å². The number of hydrogen-bond donors (Lipinski definition) is 0. The first kappa shape index (κ1) is 18.1. The second-order valence-electron chi connectivity index (χ2n) is 4.58. The van der Waals surface area contributed by atoms with Gasteiger partial charge in [-0.05, 0) is 12.1 Å². The maximum atomic E-state index is 14.3. The minimum atomic E-state index is -5.90. The molecule has 22 heavy (non-hydrogen) atoms. The number of ether oxygens (including phenoxy) is 1. The molecule has 1 rings (SSSR count). The van der Waals surface area contributed by atoms with Crippen LogP contribution in [0.1, 0.15) is 17.3 Å². The van der Waals surface area contributed by atoms with E-state index in [9.17, 15) is 31.1 Å². The third-order valence-corrected chi connectivity index (χ3v) is 3.09. The van der Waals surface area contributed by atoms with Gasteiger partial charge in [-0.2, -0.15) is 13.2 Å². The monoisotopic (exact) mass is 329 g/mol. The molecule has 3 nitrogen and oxygen atoms in total. The molecule has 0 aromatic heterocycles. The molecule has 0 heterocycles. The molecule has 0 aliphatic rings. The molecular weight excluding hydrogens is 316 g/mol. The molecule has 0 aliphatic heterocycles. The number of carbonyl (C=O) groups excluding carboxylic acids is 1. The molecule has 0 saturated heterocycles. The van der Waals surface area contributed by atoms with Crippen LogP contribution in [-0.2, 0) is 4.74 Å². The Labute approximate surface area is 122 Å². The number of methoxy groups -OCH3 is 1. The number of nitrogens with zero attached hydrogens (tertiary/aromatic N) is 1. The van der Waals surface area contributed by atoms with Crippen molar-refractivity contribution in [2.24, 2.45) is 0 Å². The summed E-state index contributed by atoms with van der Waals surface area (Å²) in [6, 6.07) is 4.42. The first-order valence-electron chi connectivity index (χ1n) is 5.92. The Morgan fingerprint density at radius 1 is 1.09 bits per heavy atom. The molecular formula is C13H13F6NO2. The second-order valence-corrected chi connectivity index (χ2v) is 4.58. The lowest BCUT2D eigenvalue weighted by molar-refractivity contribution is -0.295. The van der Waals surface area contributed by atoms with Crippen molar-refractivity contribution < 1.29 is 35.9 Å². The van der Waals surface area contributed by atoms with E-state index in [0.717, 1.165) is 19.2 Å². The fourth-order valence-electron chi connectivity index (χ4n) is 1.95. The highest BCUT2D eigenvalue weighted by atomic mass is 19.4. The Kier molecular flexibility index (Phi) is 4.69. The highest BCUT2D eigenvalue weighted by Gasteiger charge is 2.72. The Hall–Kier alpha value is -1.93. The molecule has 0 amide bonds. The molecule has 1 aromatic rings. The SMILES string of the molecule is COC(=O)c1ccccc1N(C)C(F)(C(C)(F)F)C(F)(F)F. The van der Waals surface area contributed by atoms with Crippen molar-refractivity contribution in [2.45, 2.75) is 24.8 Å². The molecule has 0 N–H and O–H groups in total. The summed E-state index contributed by atoms with van der Waals surface area (Å²) in [6.07, 6.45) is -5.90. The normalized spacial score (nSPS) is 15.1. The topological polar surface area (TPSA) is 29.5 Å². The van der Waals surface area contributed by atoms with Crippen molar-refractivity contribution >= 4 is 11.7 Å². The second kappa shape index (κ2) is 5.69. The number of benzene rings is 1. The summed E-state index contributed by atoms with van der Waals surface area (Å²) in [5.41, 5.74) is -1.14. The van der Waals surface area contributed by atoms with Crippen LogP contribution in [0.25, 0.3) is 0 Å². The van der Waals surface area contributed by atoms with Crippen molar-refractivity contribution in [3.63, 3.8) is 0 Å². The van der Waals surface area contributed by atoms with Crippen molar-refractivity contribution in [2.75, 3.05) is 19.1 Å². The van der Waals surface area contributed by atoms with Gasteiger partial charge in [-0.3, -0.25) is 0 Å². The Balaban J connectivity index is 3.52. The van der Waals surface area contributed by atoms with Gasteiger partial charge in [0, 0.05) is 14.0 Å². The Bertz CT molecular complexity index is 538. The van der Waals surface area contributed by atoms with Crippen molar-refractivity contribution in [3.8, 4) is 0 Å². The average molecular weight is 329 g/mol. The third-order valence-electron chi connectivity index (χ3n) is 3.09. The lowest BCUT2D eigenvalue weighted by Crippen LogP contribution is -2.64. The van der Waals surface area contributed by atoms with Crippen LogP contribution in [0.15, 0.2) is 24.3 Å². The van der Waals surface area contributed by atoms with E-state index in [1.807, 2.05) is 0 Å². The quantitative estimate of drug-likeness (QED) is 0.478. The Morgan fingerprint density at radius 2 is 1.59 bits per heavy atom. The zero-order valence-corrected chi connectivity index (χ0v) is 11.8. The molecule has 9 heteroatoms. The van der Waals surface area contributed by atoms with Crippen molar-refractivity contribution in [3.05, 3.63) is 29.8 Å². The summed E-state index contributed by atoms with van der Waals surface area (Å²) in [6.45, 7) is -0.183. The van der Waals surface area contributed by atoms with Gasteiger partial charge in [-0.25, -0.2) is 18.0 Å². The number of alkyl halides is 6. The van der Waals surface area contributed by atoms with Gasteiger partial charge in [0.15, 0.2) is 0 Å². The Morgan fingerprint density at radius 3 is 2.00 bits per heavy atom. The van der Waals surface area contributed by atoms with Crippen LogP contribution in [0.3, 0.4) is 0 Å². The molecule has 0 aliphatic carbocycles. The highest BCUT2D eigenvalue weighted by Crippen LogP contribution is 2.48. The summed E-state index contributed by atoms with van der Waals surface area (Å²) >= 11 is 0. The predicted octanol–water partition coefficient (Wildman–Crippen LogP) is 3.79. The van der Waals surface area contributed by atoms with Gasteiger partial charge in [0.2, 0.25) is 0 Å². The molecule has 0 saturated carbocycles. The molecule has 124 valence electrons.